The highest BCUT2D eigenvalue weighted by Crippen LogP contribution is 1.90. The van der Waals surface area contributed by atoms with Crippen LogP contribution in [0.25, 0.3) is 0 Å². The minimum atomic E-state index is 0.622. The van der Waals surface area contributed by atoms with Gasteiger partial charge >= 0.3 is 0 Å². The van der Waals surface area contributed by atoms with Gasteiger partial charge in [-0.2, -0.15) is 0 Å². The molecule has 0 saturated heterocycles. The number of nitrogens with two attached hydrogens (primary N) is 1. The second-order valence-corrected chi connectivity index (χ2v) is 2.50. The predicted molar refractivity (Wildman–Crippen MR) is 44.3 cm³/mol. The maximum atomic E-state index is 7.23. The van der Waals surface area contributed by atoms with Crippen LogP contribution in [0.2, 0.25) is 0 Å². The maximum Gasteiger partial charge on any atom is 0.0923 e. The Labute approximate surface area is 62.7 Å². The molecule has 10 heavy (non-hydrogen) atoms. The van der Waals surface area contributed by atoms with Crippen molar-refractivity contribution < 1.29 is 0 Å². The normalized spacial score (nSPS) is 9.50. The number of nitrogens with zero attached hydrogens (tertiary/aromatic N) is 1. The smallest absolute Gasteiger partial charge is 0.0923 e. The standard InChI is InChI=1S/C7H17N3/c1-7(9)10(2)6-4-3-5-8/h9H,3-6,8H2,1-2H3. The van der Waals surface area contributed by atoms with Crippen molar-refractivity contribution in [2.45, 2.75) is 19.8 Å². The van der Waals surface area contributed by atoms with E-state index in [1.807, 2.05) is 11.9 Å². The SMILES string of the molecule is CC(=N)N(C)CCCCN. The number of amidine groups is 1. The number of nitrogens with one attached hydrogen (secondary N) is 1. The van der Waals surface area contributed by atoms with E-state index in [4.69, 9.17) is 11.1 Å². The molecule has 0 fully saturated rings. The van der Waals surface area contributed by atoms with E-state index >= 15 is 0 Å². The van der Waals surface area contributed by atoms with E-state index in [9.17, 15) is 0 Å². The fourth-order valence-electron chi connectivity index (χ4n) is 0.661. The van der Waals surface area contributed by atoms with E-state index in [-0.39, 0.29) is 0 Å². The number of unbranched alkanes of at least 4 members (excludes halogenated alkanes) is 1. The molecule has 0 saturated carbocycles. The first-order chi connectivity index (χ1) is 4.68. The topological polar surface area (TPSA) is 53.1 Å². The Bertz CT molecular complexity index is 101. The fourth-order valence-corrected chi connectivity index (χ4v) is 0.661. The summed E-state index contributed by atoms with van der Waals surface area (Å²) in [6, 6.07) is 0. The van der Waals surface area contributed by atoms with Crippen LogP contribution in [-0.2, 0) is 0 Å². The van der Waals surface area contributed by atoms with Crippen molar-refractivity contribution in [2.75, 3.05) is 20.1 Å². The van der Waals surface area contributed by atoms with Gasteiger partial charge in [-0.1, -0.05) is 0 Å². The van der Waals surface area contributed by atoms with Gasteiger partial charge < -0.3 is 10.6 Å². The van der Waals surface area contributed by atoms with Crippen molar-refractivity contribution in [1.29, 1.82) is 5.41 Å². The zero-order valence-corrected chi connectivity index (χ0v) is 6.85. The molecule has 0 bridgehead atoms. The van der Waals surface area contributed by atoms with Crippen molar-refractivity contribution in [2.24, 2.45) is 5.73 Å². The van der Waals surface area contributed by atoms with Crippen LogP contribution in [0.3, 0.4) is 0 Å². The second kappa shape index (κ2) is 5.23. The average Bonchev–Trinajstić information content (AvgIpc) is 1.88. The zero-order valence-electron chi connectivity index (χ0n) is 6.85. The van der Waals surface area contributed by atoms with Gasteiger partial charge in [-0.3, -0.25) is 5.41 Å². The average molecular weight is 143 g/mol. The lowest BCUT2D eigenvalue weighted by Crippen LogP contribution is -2.24. The lowest BCUT2D eigenvalue weighted by Gasteiger charge is -2.16. The zero-order chi connectivity index (χ0) is 7.98. The van der Waals surface area contributed by atoms with E-state index in [1.54, 1.807) is 6.92 Å². The Balaban J connectivity index is 3.21. The molecule has 0 aromatic carbocycles. The summed E-state index contributed by atoms with van der Waals surface area (Å²) in [6.45, 7) is 3.50. The highest BCUT2D eigenvalue weighted by atomic mass is 15.1. The molecule has 0 aliphatic heterocycles. The van der Waals surface area contributed by atoms with Crippen LogP contribution in [0.4, 0.5) is 0 Å². The summed E-state index contributed by atoms with van der Waals surface area (Å²) < 4.78 is 0. The summed E-state index contributed by atoms with van der Waals surface area (Å²) in [6.07, 6.45) is 2.14. The molecule has 0 aromatic rings. The minimum absolute atomic E-state index is 0.622. The molecule has 0 spiro atoms. The van der Waals surface area contributed by atoms with Crippen molar-refractivity contribution in [3.63, 3.8) is 0 Å². The van der Waals surface area contributed by atoms with Gasteiger partial charge in [-0.05, 0) is 26.3 Å². The van der Waals surface area contributed by atoms with Crippen LogP contribution in [0.15, 0.2) is 0 Å². The maximum absolute atomic E-state index is 7.23. The van der Waals surface area contributed by atoms with E-state index in [1.165, 1.54) is 0 Å². The minimum Gasteiger partial charge on any atom is -0.364 e. The Hall–Kier alpha value is -0.570. The van der Waals surface area contributed by atoms with Gasteiger partial charge in [0.1, 0.15) is 0 Å². The number of rotatable bonds is 4. The van der Waals surface area contributed by atoms with Crippen molar-refractivity contribution in [3.05, 3.63) is 0 Å². The van der Waals surface area contributed by atoms with E-state index in [0.717, 1.165) is 25.9 Å². The second-order valence-electron chi connectivity index (χ2n) is 2.50. The van der Waals surface area contributed by atoms with Gasteiger partial charge in [0.25, 0.3) is 0 Å². The van der Waals surface area contributed by atoms with Crippen molar-refractivity contribution >= 4 is 5.84 Å². The van der Waals surface area contributed by atoms with Gasteiger partial charge in [0.2, 0.25) is 0 Å². The molecule has 0 aliphatic rings. The third-order valence-corrected chi connectivity index (χ3v) is 1.52. The Morgan fingerprint density at radius 1 is 1.50 bits per heavy atom. The quantitative estimate of drug-likeness (QED) is 0.345. The highest BCUT2D eigenvalue weighted by molar-refractivity contribution is 5.75. The third-order valence-electron chi connectivity index (χ3n) is 1.52. The van der Waals surface area contributed by atoms with Gasteiger partial charge in [0.15, 0.2) is 0 Å². The molecule has 0 rings (SSSR count). The number of hydrogen-bond acceptors (Lipinski definition) is 2. The first-order valence-corrected chi connectivity index (χ1v) is 3.65. The molecule has 0 aromatic heterocycles. The van der Waals surface area contributed by atoms with Gasteiger partial charge in [0.05, 0.1) is 5.84 Å². The molecule has 3 N–H and O–H groups in total. The summed E-state index contributed by atoms with van der Waals surface area (Å²) >= 11 is 0. The van der Waals surface area contributed by atoms with Crippen LogP contribution in [0.5, 0.6) is 0 Å². The van der Waals surface area contributed by atoms with Crippen LogP contribution < -0.4 is 5.73 Å². The molecule has 60 valence electrons. The van der Waals surface area contributed by atoms with Crippen LogP contribution >= 0.6 is 0 Å². The van der Waals surface area contributed by atoms with E-state index < -0.39 is 0 Å². The molecule has 0 atom stereocenters. The molecular formula is C7H17N3. The summed E-state index contributed by atoms with van der Waals surface area (Å²) in [4.78, 5) is 1.93. The Morgan fingerprint density at radius 3 is 2.50 bits per heavy atom. The monoisotopic (exact) mass is 143 g/mol. The summed E-state index contributed by atoms with van der Waals surface area (Å²) in [5.41, 5.74) is 5.32. The van der Waals surface area contributed by atoms with Gasteiger partial charge in [0, 0.05) is 13.6 Å². The molecule has 0 aliphatic carbocycles. The lowest BCUT2D eigenvalue weighted by molar-refractivity contribution is 0.475. The predicted octanol–water partition coefficient (Wildman–Crippen LogP) is 0.654. The van der Waals surface area contributed by atoms with E-state index in [2.05, 4.69) is 0 Å². The van der Waals surface area contributed by atoms with Crippen LogP contribution in [0, 0.1) is 5.41 Å². The van der Waals surface area contributed by atoms with Gasteiger partial charge in [-0.25, -0.2) is 0 Å². The first kappa shape index (κ1) is 9.43. The summed E-state index contributed by atoms with van der Waals surface area (Å²) in [7, 11) is 1.93. The Kier molecular flexibility index (Phi) is 4.94. The largest absolute Gasteiger partial charge is 0.364 e. The van der Waals surface area contributed by atoms with Crippen LogP contribution in [0.1, 0.15) is 19.8 Å². The molecule has 0 radical (unpaired) electrons. The summed E-state index contributed by atoms with van der Waals surface area (Å²) in [5, 5.41) is 7.23. The Morgan fingerprint density at radius 2 is 2.10 bits per heavy atom. The number of hydrogen-bond donors (Lipinski definition) is 2. The molecule has 3 nitrogen and oxygen atoms in total. The lowest BCUT2D eigenvalue weighted by atomic mass is 10.3. The molecule has 0 heterocycles. The van der Waals surface area contributed by atoms with Crippen LogP contribution in [-0.4, -0.2) is 30.9 Å². The molecular weight excluding hydrogens is 126 g/mol. The fraction of sp³-hybridized carbons (Fsp3) is 0.857. The van der Waals surface area contributed by atoms with E-state index in [0.29, 0.717) is 5.84 Å². The summed E-state index contributed by atoms with van der Waals surface area (Å²) in [5.74, 6) is 0.622. The third kappa shape index (κ3) is 4.32. The molecule has 3 heteroatoms. The highest BCUT2D eigenvalue weighted by Gasteiger charge is 1.95. The van der Waals surface area contributed by atoms with Crippen molar-refractivity contribution in [3.8, 4) is 0 Å². The van der Waals surface area contributed by atoms with Crippen molar-refractivity contribution in [1.82, 2.24) is 4.90 Å². The molecule has 0 unspecified atom stereocenters. The van der Waals surface area contributed by atoms with Gasteiger partial charge in [-0.15, -0.1) is 0 Å². The molecule has 0 amide bonds. The first-order valence-electron chi connectivity index (χ1n) is 3.65.